The molecule has 0 aromatic heterocycles. The maximum absolute atomic E-state index is 9.12. The Hall–Kier alpha value is -0.880. The minimum absolute atomic E-state index is 1.28. The van der Waals surface area contributed by atoms with E-state index in [2.05, 4.69) is 71.0 Å². The van der Waals surface area contributed by atoms with E-state index >= 15 is 0 Å². The van der Waals surface area contributed by atoms with Gasteiger partial charge in [0.05, 0.1) is 0 Å². The molecule has 0 radical (unpaired) electrons. The molecule has 0 N–H and O–H groups in total. The number of hydrogen-bond donors (Lipinski definition) is 0. The molecule has 1 nitrogen and oxygen atoms in total. The van der Waals surface area contributed by atoms with Crippen LogP contribution in [0.25, 0.3) is 11.1 Å². The Morgan fingerprint density at radius 1 is 0.688 bits per heavy atom. The first-order valence-electron chi connectivity index (χ1n) is 4.59. The zero-order valence-corrected chi connectivity index (χ0v) is 10.8. The first-order chi connectivity index (χ1) is 7.70. The zero-order valence-electron chi connectivity index (χ0n) is 8.38. The van der Waals surface area contributed by atoms with Crippen LogP contribution in [0.1, 0.15) is 0 Å². The molecule has 0 saturated carbocycles. The topological polar surface area (TPSA) is 17.1 Å². The van der Waals surface area contributed by atoms with Crippen molar-refractivity contribution in [2.45, 2.75) is 0 Å². The molecule has 0 unspecified atom stereocenters. The molecule has 0 bridgehead atoms. The maximum atomic E-state index is 9.12. The first-order valence-corrected chi connectivity index (χ1v) is 7.66. The van der Waals surface area contributed by atoms with Gasteiger partial charge in [-0.1, -0.05) is 60.7 Å². The van der Waals surface area contributed by atoms with Gasteiger partial charge in [0.15, 0.2) is 0 Å². The SMILES string of the molecule is O=[P+](Cl)Cl.c1ccc(-c2ccccc2)cc1. The largest absolute Gasteiger partial charge is 0.575 e. The average Bonchev–Trinajstić information content (AvgIpc) is 2.31. The molecule has 0 aliphatic carbocycles. The smallest absolute Gasteiger partial charge is 0.0622 e. The van der Waals surface area contributed by atoms with Crippen LogP contribution < -0.4 is 0 Å². The van der Waals surface area contributed by atoms with Gasteiger partial charge in [-0.3, -0.25) is 0 Å². The molecule has 0 aliphatic heterocycles. The predicted octanol–water partition coefficient (Wildman–Crippen LogP) is 5.48. The lowest BCUT2D eigenvalue weighted by Gasteiger charge is -1.98. The van der Waals surface area contributed by atoms with Crippen molar-refractivity contribution in [2.24, 2.45) is 0 Å². The first kappa shape index (κ1) is 13.2. The van der Waals surface area contributed by atoms with Crippen LogP contribution in [0, 0.1) is 0 Å². The summed E-state index contributed by atoms with van der Waals surface area (Å²) in [7, 11) is 0. The third-order valence-corrected chi connectivity index (χ3v) is 1.88. The minimum Gasteiger partial charge on any atom is -0.0622 e. The Kier molecular flexibility index (Phi) is 6.10. The summed E-state index contributed by atoms with van der Waals surface area (Å²) >= 11 is 9.10. The molecule has 2 aromatic carbocycles. The van der Waals surface area contributed by atoms with Gasteiger partial charge in [-0.2, -0.15) is 0 Å². The van der Waals surface area contributed by atoms with Gasteiger partial charge in [0.2, 0.25) is 22.5 Å². The molecule has 4 heteroatoms. The van der Waals surface area contributed by atoms with Crippen molar-refractivity contribution in [3.8, 4) is 11.1 Å². The highest BCUT2D eigenvalue weighted by atomic mass is 35.9. The second-order valence-electron chi connectivity index (χ2n) is 2.93. The van der Waals surface area contributed by atoms with E-state index in [0.717, 1.165) is 0 Å². The Labute approximate surface area is 105 Å². The van der Waals surface area contributed by atoms with E-state index in [1.165, 1.54) is 11.1 Å². The standard InChI is InChI=1S/C12H10.Cl2OP/c1-3-7-11(8-4-1)12-9-5-2-6-10-12;1-4(2)3/h1-10H;/q;+1. The molecular formula is C12H10Cl2OP+. The Morgan fingerprint density at radius 2 is 0.938 bits per heavy atom. The normalized spacial score (nSPS) is 8.88. The number of benzene rings is 2. The Balaban J connectivity index is 0.000000280. The van der Waals surface area contributed by atoms with E-state index in [-0.39, 0.29) is 0 Å². The van der Waals surface area contributed by atoms with Crippen LogP contribution in [0.5, 0.6) is 0 Å². The molecule has 0 aliphatic rings. The van der Waals surface area contributed by atoms with Gasteiger partial charge in [-0.05, 0) is 15.7 Å². The Bertz CT molecular complexity index is 390. The van der Waals surface area contributed by atoms with Crippen LogP contribution in [0.15, 0.2) is 60.7 Å². The molecule has 0 heterocycles. The van der Waals surface area contributed by atoms with Crippen LogP contribution in [0.2, 0.25) is 0 Å². The molecule has 2 aromatic rings. The summed E-state index contributed by atoms with van der Waals surface area (Å²) in [5.41, 5.74) is 2.55. The van der Waals surface area contributed by atoms with Gasteiger partial charge in [0.1, 0.15) is 0 Å². The summed E-state index contributed by atoms with van der Waals surface area (Å²) in [6.07, 6.45) is 0. The van der Waals surface area contributed by atoms with Crippen LogP contribution in [-0.2, 0) is 4.57 Å². The summed E-state index contributed by atoms with van der Waals surface area (Å²) in [5.74, 6) is 0. The van der Waals surface area contributed by atoms with E-state index in [1.54, 1.807) is 0 Å². The highest BCUT2D eigenvalue weighted by Crippen LogP contribution is 2.31. The van der Waals surface area contributed by atoms with E-state index in [0.29, 0.717) is 0 Å². The van der Waals surface area contributed by atoms with Gasteiger partial charge in [-0.25, -0.2) is 0 Å². The van der Waals surface area contributed by atoms with E-state index in [9.17, 15) is 0 Å². The zero-order chi connectivity index (χ0) is 11.8. The van der Waals surface area contributed by atoms with Crippen molar-refractivity contribution in [2.75, 3.05) is 0 Å². The highest BCUT2D eigenvalue weighted by molar-refractivity contribution is 7.95. The van der Waals surface area contributed by atoms with Crippen LogP contribution in [0.4, 0.5) is 0 Å². The van der Waals surface area contributed by atoms with E-state index in [1.807, 2.05) is 12.1 Å². The fourth-order valence-corrected chi connectivity index (χ4v) is 1.26. The molecule has 0 spiro atoms. The number of hydrogen-bond acceptors (Lipinski definition) is 1. The van der Waals surface area contributed by atoms with Crippen molar-refractivity contribution in [3.63, 3.8) is 0 Å². The van der Waals surface area contributed by atoms with Crippen LogP contribution in [-0.4, -0.2) is 0 Å². The molecular weight excluding hydrogens is 262 g/mol. The molecule has 82 valence electrons. The third-order valence-electron chi connectivity index (χ3n) is 1.88. The second-order valence-corrected chi connectivity index (χ2v) is 5.70. The molecule has 0 fully saturated rings. The maximum Gasteiger partial charge on any atom is 0.575 e. The summed E-state index contributed by atoms with van der Waals surface area (Å²) < 4.78 is 9.12. The van der Waals surface area contributed by atoms with Crippen molar-refractivity contribution >= 4 is 29.0 Å². The van der Waals surface area contributed by atoms with Gasteiger partial charge in [0.25, 0.3) is 0 Å². The lowest BCUT2D eigenvalue weighted by Crippen LogP contribution is -1.73. The van der Waals surface area contributed by atoms with Crippen molar-refractivity contribution in [1.82, 2.24) is 0 Å². The fraction of sp³-hybridized carbons (Fsp3) is 0. The molecule has 0 atom stereocenters. The van der Waals surface area contributed by atoms with E-state index < -0.39 is 6.51 Å². The quantitative estimate of drug-likeness (QED) is 0.628. The van der Waals surface area contributed by atoms with Crippen molar-refractivity contribution < 1.29 is 4.57 Å². The van der Waals surface area contributed by atoms with Gasteiger partial charge in [-0.15, -0.1) is 0 Å². The summed E-state index contributed by atoms with van der Waals surface area (Å²) in [5, 5.41) is 0. The van der Waals surface area contributed by atoms with Crippen molar-refractivity contribution in [3.05, 3.63) is 60.7 Å². The summed E-state index contributed by atoms with van der Waals surface area (Å²) in [6, 6.07) is 20.8. The minimum atomic E-state index is -1.93. The van der Waals surface area contributed by atoms with Gasteiger partial charge < -0.3 is 0 Å². The van der Waals surface area contributed by atoms with E-state index in [4.69, 9.17) is 4.57 Å². The van der Waals surface area contributed by atoms with Crippen LogP contribution >= 0.6 is 29.0 Å². The number of rotatable bonds is 1. The molecule has 0 saturated heterocycles. The fourth-order valence-electron chi connectivity index (χ4n) is 1.26. The second kappa shape index (κ2) is 7.40. The monoisotopic (exact) mass is 271 g/mol. The van der Waals surface area contributed by atoms with Crippen LogP contribution in [0.3, 0.4) is 0 Å². The molecule has 16 heavy (non-hydrogen) atoms. The lowest BCUT2D eigenvalue weighted by atomic mass is 10.1. The Morgan fingerprint density at radius 3 is 1.19 bits per heavy atom. The lowest BCUT2D eigenvalue weighted by molar-refractivity contribution is 0.602. The van der Waals surface area contributed by atoms with Gasteiger partial charge in [0, 0.05) is 0 Å². The predicted molar refractivity (Wildman–Crippen MR) is 71.2 cm³/mol. The highest BCUT2D eigenvalue weighted by Gasteiger charge is 1.97. The summed E-state index contributed by atoms with van der Waals surface area (Å²) in [6.45, 7) is -1.93. The van der Waals surface area contributed by atoms with Crippen molar-refractivity contribution in [1.29, 1.82) is 0 Å². The summed E-state index contributed by atoms with van der Waals surface area (Å²) in [4.78, 5) is 0. The average molecular weight is 272 g/mol. The van der Waals surface area contributed by atoms with Gasteiger partial charge >= 0.3 is 6.51 Å². The third kappa shape index (κ3) is 5.27. The number of halogens is 2. The molecule has 2 rings (SSSR count). The molecule has 0 amide bonds.